The van der Waals surface area contributed by atoms with Crippen molar-refractivity contribution in [3.63, 3.8) is 0 Å². The molecule has 0 aromatic heterocycles. The van der Waals surface area contributed by atoms with Crippen LogP contribution in [0.25, 0.3) is 0 Å². The molecule has 126 valence electrons. The first-order valence-corrected chi connectivity index (χ1v) is 7.34. The van der Waals surface area contributed by atoms with Crippen LogP contribution in [0, 0.1) is 0 Å². The van der Waals surface area contributed by atoms with Gasteiger partial charge in [-0.15, -0.1) is 0 Å². The molecule has 1 atom stereocenters. The van der Waals surface area contributed by atoms with Crippen molar-refractivity contribution < 1.29 is 23.8 Å². The fourth-order valence-corrected chi connectivity index (χ4v) is 2.01. The van der Waals surface area contributed by atoms with Gasteiger partial charge in [-0.3, -0.25) is 4.79 Å². The van der Waals surface area contributed by atoms with Crippen molar-refractivity contribution in [3.8, 4) is 11.5 Å². The molecule has 2 rings (SSSR count). The van der Waals surface area contributed by atoms with Crippen molar-refractivity contribution in [2.45, 2.75) is 13.0 Å². The predicted octanol–water partition coefficient (Wildman–Crippen LogP) is 2.89. The maximum atomic E-state index is 12.2. The van der Waals surface area contributed by atoms with Gasteiger partial charge in [-0.25, -0.2) is 4.79 Å². The number of anilines is 1. The number of methoxy groups -OCH3 is 2. The first-order chi connectivity index (χ1) is 11.5. The molecule has 0 radical (unpaired) electrons. The topological polar surface area (TPSA) is 73.9 Å². The summed E-state index contributed by atoms with van der Waals surface area (Å²) in [6.45, 7) is 1.64. The molecule has 0 aliphatic heterocycles. The van der Waals surface area contributed by atoms with Crippen LogP contribution in [-0.4, -0.2) is 32.2 Å². The van der Waals surface area contributed by atoms with E-state index in [9.17, 15) is 9.59 Å². The number of rotatable bonds is 6. The van der Waals surface area contributed by atoms with E-state index >= 15 is 0 Å². The summed E-state index contributed by atoms with van der Waals surface area (Å²) in [4.78, 5) is 23.6. The van der Waals surface area contributed by atoms with E-state index in [2.05, 4.69) is 10.1 Å². The highest BCUT2D eigenvalue weighted by molar-refractivity contribution is 5.95. The van der Waals surface area contributed by atoms with Crippen LogP contribution in [0.1, 0.15) is 17.3 Å². The average Bonchev–Trinajstić information content (AvgIpc) is 2.62. The molecule has 2 aromatic carbocycles. The Bertz CT molecular complexity index is 712. The molecule has 24 heavy (non-hydrogen) atoms. The Hall–Kier alpha value is -3.02. The quantitative estimate of drug-likeness (QED) is 0.825. The number of ether oxygens (including phenoxy) is 3. The molecule has 2 aromatic rings. The summed E-state index contributed by atoms with van der Waals surface area (Å²) in [5.74, 6) is 0.302. The summed E-state index contributed by atoms with van der Waals surface area (Å²) in [7, 11) is 2.85. The number of carbonyl (C=O) groups excluding carboxylic acids is 2. The highest BCUT2D eigenvalue weighted by atomic mass is 16.5. The molecular weight excluding hydrogens is 310 g/mol. The van der Waals surface area contributed by atoms with Crippen LogP contribution >= 0.6 is 0 Å². The highest BCUT2D eigenvalue weighted by Crippen LogP contribution is 2.27. The SMILES string of the molecule is COC(=O)c1ccc(NC(=O)[C@@H](C)Oc2ccccc2OC)cc1. The normalized spacial score (nSPS) is 11.3. The lowest BCUT2D eigenvalue weighted by atomic mass is 10.2. The molecule has 0 heterocycles. The summed E-state index contributed by atoms with van der Waals surface area (Å²) in [6, 6.07) is 13.5. The summed E-state index contributed by atoms with van der Waals surface area (Å²) in [5, 5.41) is 2.73. The van der Waals surface area contributed by atoms with Gasteiger partial charge in [0.25, 0.3) is 5.91 Å². The fraction of sp³-hybridized carbons (Fsp3) is 0.222. The average molecular weight is 329 g/mol. The van der Waals surface area contributed by atoms with E-state index < -0.39 is 12.1 Å². The largest absolute Gasteiger partial charge is 0.493 e. The number of benzene rings is 2. The number of para-hydroxylation sites is 2. The lowest BCUT2D eigenvalue weighted by Crippen LogP contribution is -2.30. The lowest BCUT2D eigenvalue weighted by molar-refractivity contribution is -0.122. The van der Waals surface area contributed by atoms with E-state index in [1.807, 2.05) is 6.07 Å². The third kappa shape index (κ3) is 4.25. The summed E-state index contributed by atoms with van der Waals surface area (Å²) >= 11 is 0. The molecule has 0 aliphatic carbocycles. The third-order valence-corrected chi connectivity index (χ3v) is 3.32. The smallest absolute Gasteiger partial charge is 0.337 e. The van der Waals surface area contributed by atoms with E-state index in [4.69, 9.17) is 9.47 Å². The second-order valence-electron chi connectivity index (χ2n) is 4.97. The third-order valence-electron chi connectivity index (χ3n) is 3.32. The summed E-state index contributed by atoms with van der Waals surface area (Å²) in [6.07, 6.45) is -0.721. The van der Waals surface area contributed by atoms with E-state index in [-0.39, 0.29) is 5.91 Å². The van der Waals surface area contributed by atoms with Crippen molar-refractivity contribution in [3.05, 3.63) is 54.1 Å². The minimum absolute atomic E-state index is 0.313. The van der Waals surface area contributed by atoms with Gasteiger partial charge in [-0.2, -0.15) is 0 Å². The van der Waals surface area contributed by atoms with Crippen LogP contribution in [0.3, 0.4) is 0 Å². The molecule has 0 aliphatic rings. The number of esters is 1. The van der Waals surface area contributed by atoms with Crippen LogP contribution in [0.2, 0.25) is 0 Å². The van der Waals surface area contributed by atoms with Crippen molar-refractivity contribution >= 4 is 17.6 Å². The van der Waals surface area contributed by atoms with Crippen molar-refractivity contribution in [1.29, 1.82) is 0 Å². The lowest BCUT2D eigenvalue weighted by Gasteiger charge is -2.16. The van der Waals surface area contributed by atoms with Gasteiger partial charge in [-0.1, -0.05) is 12.1 Å². The zero-order valence-corrected chi connectivity index (χ0v) is 13.7. The number of nitrogens with one attached hydrogen (secondary N) is 1. The van der Waals surface area contributed by atoms with Gasteiger partial charge in [0, 0.05) is 5.69 Å². The van der Waals surface area contributed by atoms with Crippen LogP contribution in [-0.2, 0) is 9.53 Å². The van der Waals surface area contributed by atoms with Crippen molar-refractivity contribution in [2.75, 3.05) is 19.5 Å². The van der Waals surface area contributed by atoms with Crippen LogP contribution in [0.15, 0.2) is 48.5 Å². The van der Waals surface area contributed by atoms with E-state index in [1.165, 1.54) is 14.2 Å². The van der Waals surface area contributed by atoms with Gasteiger partial charge < -0.3 is 19.5 Å². The Balaban J connectivity index is 2.00. The van der Waals surface area contributed by atoms with Gasteiger partial charge >= 0.3 is 5.97 Å². The Kier molecular flexibility index (Phi) is 5.78. The molecule has 6 heteroatoms. The molecule has 6 nitrogen and oxygen atoms in total. The fourth-order valence-electron chi connectivity index (χ4n) is 2.01. The number of hydrogen-bond acceptors (Lipinski definition) is 5. The molecule has 0 saturated heterocycles. The molecule has 0 bridgehead atoms. The Morgan fingerprint density at radius 2 is 1.58 bits per heavy atom. The second kappa shape index (κ2) is 8.01. The molecule has 0 unspecified atom stereocenters. The highest BCUT2D eigenvalue weighted by Gasteiger charge is 2.17. The maximum absolute atomic E-state index is 12.2. The molecular formula is C18H19NO5. The number of amides is 1. The maximum Gasteiger partial charge on any atom is 0.337 e. The minimum atomic E-state index is -0.721. The van der Waals surface area contributed by atoms with Gasteiger partial charge in [0.15, 0.2) is 17.6 Å². The standard InChI is InChI=1S/C18H19NO5/c1-12(24-16-7-5-4-6-15(16)22-2)17(20)19-14-10-8-13(9-11-14)18(21)23-3/h4-12H,1-3H3,(H,19,20)/t12-/m1/s1. The summed E-state index contributed by atoms with van der Waals surface area (Å²) < 4.78 is 15.5. The molecule has 1 amide bonds. The first kappa shape index (κ1) is 17.3. The van der Waals surface area contributed by atoms with Crippen LogP contribution in [0.5, 0.6) is 11.5 Å². The Morgan fingerprint density at radius 1 is 0.958 bits per heavy atom. The van der Waals surface area contributed by atoms with Gasteiger partial charge in [0.2, 0.25) is 0 Å². The molecule has 0 saturated carbocycles. The Morgan fingerprint density at radius 3 is 2.17 bits per heavy atom. The van der Waals surface area contributed by atoms with Gasteiger partial charge in [0.05, 0.1) is 19.8 Å². The number of carbonyl (C=O) groups is 2. The molecule has 1 N–H and O–H groups in total. The second-order valence-corrected chi connectivity index (χ2v) is 4.97. The Labute approximate surface area is 140 Å². The zero-order valence-electron chi connectivity index (χ0n) is 13.7. The zero-order chi connectivity index (χ0) is 17.5. The minimum Gasteiger partial charge on any atom is -0.493 e. The van der Waals surface area contributed by atoms with Crippen LogP contribution in [0.4, 0.5) is 5.69 Å². The summed E-state index contributed by atoms with van der Waals surface area (Å²) in [5.41, 5.74) is 0.969. The number of hydrogen-bond donors (Lipinski definition) is 1. The predicted molar refractivity (Wildman–Crippen MR) is 89.5 cm³/mol. The van der Waals surface area contributed by atoms with Crippen LogP contribution < -0.4 is 14.8 Å². The first-order valence-electron chi connectivity index (χ1n) is 7.34. The van der Waals surface area contributed by atoms with Gasteiger partial charge in [-0.05, 0) is 43.3 Å². The van der Waals surface area contributed by atoms with Crippen molar-refractivity contribution in [2.24, 2.45) is 0 Å². The van der Waals surface area contributed by atoms with Crippen molar-refractivity contribution in [1.82, 2.24) is 0 Å². The van der Waals surface area contributed by atoms with E-state index in [1.54, 1.807) is 49.4 Å². The van der Waals surface area contributed by atoms with Gasteiger partial charge in [0.1, 0.15) is 0 Å². The monoisotopic (exact) mass is 329 g/mol. The molecule has 0 spiro atoms. The van der Waals surface area contributed by atoms with E-state index in [0.29, 0.717) is 22.7 Å². The molecule has 0 fully saturated rings. The van der Waals surface area contributed by atoms with E-state index in [0.717, 1.165) is 0 Å².